The lowest BCUT2D eigenvalue weighted by molar-refractivity contribution is -0.302. The molecule has 0 radical (unpaired) electrons. The number of hydrogen-bond donors (Lipinski definition) is 6. The maximum atomic E-state index is 13.0. The monoisotopic (exact) mass is 1330 g/mol. The van der Waals surface area contributed by atoms with Gasteiger partial charge in [-0.05, 0) is 77.0 Å². The van der Waals surface area contributed by atoms with E-state index in [-0.39, 0.29) is 18.5 Å². The molecule has 0 aromatic carbocycles. The number of amides is 1. The molecule has 11 nitrogen and oxygen atoms in total. The minimum Gasteiger partial charge on any atom is -0.466 e. The molecule has 7 atom stereocenters. The van der Waals surface area contributed by atoms with Crippen LogP contribution in [-0.2, 0) is 23.8 Å². The van der Waals surface area contributed by atoms with Gasteiger partial charge in [0.1, 0.15) is 24.4 Å². The molecule has 6 N–H and O–H groups in total. The third-order valence-corrected chi connectivity index (χ3v) is 19.4. The highest BCUT2D eigenvalue weighted by atomic mass is 16.7. The van der Waals surface area contributed by atoms with Crippen molar-refractivity contribution < 1.29 is 49.3 Å². The second-order valence-electron chi connectivity index (χ2n) is 28.4. The molecule has 552 valence electrons. The van der Waals surface area contributed by atoms with E-state index in [0.717, 1.165) is 64.2 Å². The predicted molar refractivity (Wildman–Crippen MR) is 398 cm³/mol. The summed E-state index contributed by atoms with van der Waals surface area (Å²) in [5, 5.41) is 54.3. The van der Waals surface area contributed by atoms with E-state index in [0.29, 0.717) is 19.4 Å². The van der Waals surface area contributed by atoms with Crippen molar-refractivity contribution in [1.82, 2.24) is 5.32 Å². The minimum absolute atomic E-state index is 0.0210. The summed E-state index contributed by atoms with van der Waals surface area (Å²) in [5.74, 6) is -0.172. The Kier molecular flexibility index (Phi) is 68.5. The predicted octanol–water partition coefficient (Wildman–Crippen LogP) is 22.3. The van der Waals surface area contributed by atoms with Crippen LogP contribution in [0, 0.1) is 0 Å². The van der Waals surface area contributed by atoms with Crippen molar-refractivity contribution >= 4 is 11.9 Å². The number of aliphatic hydroxyl groups is 5. The third-order valence-electron chi connectivity index (χ3n) is 19.4. The van der Waals surface area contributed by atoms with Crippen LogP contribution in [0.2, 0.25) is 0 Å². The average Bonchev–Trinajstić information content (AvgIpc) is 0.904. The molecule has 94 heavy (non-hydrogen) atoms. The van der Waals surface area contributed by atoms with Crippen LogP contribution in [0.15, 0.2) is 48.6 Å². The molecule has 0 saturated carbocycles. The van der Waals surface area contributed by atoms with Crippen LogP contribution in [0.3, 0.4) is 0 Å². The van der Waals surface area contributed by atoms with Gasteiger partial charge in [-0.25, -0.2) is 0 Å². The van der Waals surface area contributed by atoms with Crippen molar-refractivity contribution in [2.24, 2.45) is 0 Å². The molecule has 0 aromatic rings. The van der Waals surface area contributed by atoms with Gasteiger partial charge in [-0.3, -0.25) is 9.59 Å². The van der Waals surface area contributed by atoms with Gasteiger partial charge >= 0.3 is 5.97 Å². The summed E-state index contributed by atoms with van der Waals surface area (Å²) < 4.78 is 16.7. The summed E-state index contributed by atoms with van der Waals surface area (Å²) in [7, 11) is 0. The van der Waals surface area contributed by atoms with E-state index in [1.807, 2.05) is 6.08 Å². The molecule has 1 aliphatic rings. The zero-order chi connectivity index (χ0) is 67.9. The van der Waals surface area contributed by atoms with Crippen LogP contribution in [-0.4, -0.2) is 100 Å². The van der Waals surface area contributed by atoms with Crippen molar-refractivity contribution in [3.63, 3.8) is 0 Å². The number of allylic oxidation sites excluding steroid dienone is 7. The molecule has 0 spiro atoms. The van der Waals surface area contributed by atoms with Crippen LogP contribution >= 0.6 is 0 Å². The minimum atomic E-state index is -1.58. The average molecular weight is 1330 g/mol. The fourth-order valence-corrected chi connectivity index (χ4v) is 13.1. The maximum absolute atomic E-state index is 13.0. The van der Waals surface area contributed by atoms with Gasteiger partial charge in [0.25, 0.3) is 0 Å². The number of unbranched alkanes of at least 4 members (excludes halogenated alkanes) is 53. The SMILES string of the molecule is CC/C=C/CC/C=C/CC/C=C/C(O)C(COC1OC(CO)C(O)C(O)C1O)NC(=O)CCCCCCCCCCCCCCCCCCC/C=C\CCCCCCCCCCCCCCCCCCCCOC(=O)CCCCCCCCCCCCCCCCCCC. The Morgan fingerprint density at radius 3 is 1.11 bits per heavy atom. The molecule has 0 bridgehead atoms. The smallest absolute Gasteiger partial charge is 0.305 e. The van der Waals surface area contributed by atoms with Crippen LogP contribution in [0.25, 0.3) is 0 Å². The van der Waals surface area contributed by atoms with Gasteiger partial charge in [0.05, 0.1) is 32.0 Å². The summed E-state index contributed by atoms with van der Waals surface area (Å²) >= 11 is 0. The third kappa shape index (κ3) is 59.7. The number of esters is 1. The Morgan fingerprint density at radius 1 is 0.394 bits per heavy atom. The van der Waals surface area contributed by atoms with Gasteiger partial charge < -0.3 is 45.1 Å². The number of rotatable bonds is 73. The molecule has 1 amide bonds. The normalized spacial score (nSPS) is 17.6. The van der Waals surface area contributed by atoms with E-state index < -0.39 is 49.5 Å². The van der Waals surface area contributed by atoms with Crippen molar-refractivity contribution in [2.45, 2.75) is 448 Å². The Morgan fingerprint density at radius 2 is 0.723 bits per heavy atom. The molecule has 0 aromatic heterocycles. The van der Waals surface area contributed by atoms with Gasteiger partial charge in [-0.15, -0.1) is 0 Å². The van der Waals surface area contributed by atoms with Gasteiger partial charge in [-0.2, -0.15) is 0 Å². The molecule has 0 aliphatic carbocycles. The van der Waals surface area contributed by atoms with Crippen molar-refractivity contribution in [3.8, 4) is 0 Å². The number of ether oxygens (including phenoxy) is 3. The highest BCUT2D eigenvalue weighted by molar-refractivity contribution is 5.76. The lowest BCUT2D eigenvalue weighted by Gasteiger charge is -2.40. The molecule has 1 fully saturated rings. The summed E-state index contributed by atoms with van der Waals surface area (Å²) in [5.41, 5.74) is 0. The first kappa shape index (κ1) is 89.6. The first-order valence-corrected chi connectivity index (χ1v) is 40.9. The summed E-state index contributed by atoms with van der Waals surface area (Å²) in [6, 6.07) is -0.831. The van der Waals surface area contributed by atoms with E-state index >= 15 is 0 Å². The number of hydrogen-bond acceptors (Lipinski definition) is 10. The number of carbonyl (C=O) groups excluding carboxylic acids is 2. The molecule has 1 rings (SSSR count). The van der Waals surface area contributed by atoms with Crippen molar-refractivity contribution in [1.29, 1.82) is 0 Å². The topological polar surface area (TPSA) is 175 Å². The first-order valence-electron chi connectivity index (χ1n) is 40.9. The van der Waals surface area contributed by atoms with E-state index in [9.17, 15) is 35.1 Å². The molecule has 1 saturated heterocycles. The van der Waals surface area contributed by atoms with E-state index in [1.54, 1.807) is 6.08 Å². The largest absolute Gasteiger partial charge is 0.466 e. The van der Waals surface area contributed by atoms with Gasteiger partial charge in [-0.1, -0.05) is 364 Å². The van der Waals surface area contributed by atoms with Crippen molar-refractivity contribution in [2.75, 3.05) is 19.8 Å². The Bertz CT molecular complexity index is 1700. The Labute approximate surface area is 580 Å². The zero-order valence-corrected chi connectivity index (χ0v) is 61.7. The lowest BCUT2D eigenvalue weighted by atomic mass is 9.99. The summed E-state index contributed by atoms with van der Waals surface area (Å²) in [6.07, 6.45) is 86.2. The molecule has 1 heterocycles. The van der Waals surface area contributed by atoms with Crippen LogP contribution in [0.4, 0.5) is 0 Å². The van der Waals surface area contributed by atoms with E-state index in [1.165, 1.54) is 315 Å². The highest BCUT2D eigenvalue weighted by Gasteiger charge is 2.44. The molecule has 1 aliphatic heterocycles. The molecule has 7 unspecified atom stereocenters. The second-order valence-corrected chi connectivity index (χ2v) is 28.4. The Balaban J connectivity index is 1.85. The fourth-order valence-electron chi connectivity index (χ4n) is 13.1. The quantitative estimate of drug-likeness (QED) is 0.0195. The standard InChI is InChI=1S/C83H155NO10/c1-3-5-7-9-11-13-15-16-17-41-45-48-51-55-59-63-67-71-79(88)92-72-68-64-60-56-52-49-46-43-40-38-36-34-32-30-28-26-24-22-20-18-19-21-23-25-27-29-31-33-35-37-39-42-44-47-50-54-58-62-66-70-78(87)84-75(74-93-83-82(91)81(90)80(89)77(73-85)94-83)76(86)69-65-61-57-53-14-12-10-8-6-4-2/h6,8,14,18-19,53,65,69,75-77,80-83,85-86,89-91H,3-5,7,9-13,15-17,20-52,54-64,66-68,70-74H2,1-2H3,(H,84,87)/b8-6+,19-18-,53-14+,69-65+. The fraction of sp³-hybridized carbons (Fsp3) is 0.880. The zero-order valence-electron chi connectivity index (χ0n) is 61.7. The second kappa shape index (κ2) is 71.9. The van der Waals surface area contributed by atoms with Crippen LogP contribution < -0.4 is 5.32 Å². The van der Waals surface area contributed by atoms with Crippen LogP contribution in [0.1, 0.15) is 406 Å². The maximum Gasteiger partial charge on any atom is 0.305 e. The van der Waals surface area contributed by atoms with Crippen LogP contribution in [0.5, 0.6) is 0 Å². The summed E-state index contributed by atoms with van der Waals surface area (Å²) in [4.78, 5) is 25.2. The number of aliphatic hydroxyl groups excluding tert-OH is 5. The van der Waals surface area contributed by atoms with Crippen molar-refractivity contribution in [3.05, 3.63) is 48.6 Å². The lowest BCUT2D eigenvalue weighted by Crippen LogP contribution is -2.60. The first-order chi connectivity index (χ1) is 46.2. The van der Waals surface area contributed by atoms with Gasteiger partial charge in [0.15, 0.2) is 6.29 Å². The molecular formula is C83H155NO10. The number of carbonyl (C=O) groups is 2. The van der Waals surface area contributed by atoms with E-state index in [4.69, 9.17) is 14.2 Å². The Hall–Kier alpha value is -2.38. The van der Waals surface area contributed by atoms with Gasteiger partial charge in [0.2, 0.25) is 5.91 Å². The number of nitrogens with one attached hydrogen (secondary N) is 1. The van der Waals surface area contributed by atoms with E-state index in [2.05, 4.69) is 55.6 Å². The summed E-state index contributed by atoms with van der Waals surface area (Å²) in [6.45, 7) is 4.25. The van der Waals surface area contributed by atoms with Gasteiger partial charge in [0, 0.05) is 12.8 Å². The highest BCUT2D eigenvalue weighted by Crippen LogP contribution is 2.24. The molecule has 11 heteroatoms. The molecular weight excluding hydrogens is 1170 g/mol.